The highest BCUT2D eigenvalue weighted by molar-refractivity contribution is 7.92. The first-order valence-electron chi connectivity index (χ1n) is 13.2. The van der Waals surface area contributed by atoms with E-state index in [0.717, 1.165) is 17.0 Å². The Labute approximate surface area is 253 Å². The van der Waals surface area contributed by atoms with Crippen molar-refractivity contribution in [3.8, 4) is 0 Å². The molecule has 2 amide bonds. The number of carbonyl (C=O) groups is 2. The molecule has 3 rings (SSSR count). The first-order chi connectivity index (χ1) is 19.9. The number of hydrogen-bond acceptors (Lipinski definition) is 4. The van der Waals surface area contributed by atoms with Crippen LogP contribution in [0.5, 0.6) is 0 Å². The molecule has 0 spiro atoms. The van der Waals surface area contributed by atoms with Crippen molar-refractivity contribution in [1.82, 2.24) is 10.2 Å². The molecule has 0 unspecified atom stereocenters. The fourth-order valence-electron chi connectivity index (χ4n) is 4.29. The maximum atomic E-state index is 14.0. The van der Waals surface area contributed by atoms with Crippen molar-refractivity contribution in [1.29, 1.82) is 0 Å². The number of carbonyl (C=O) groups excluding carboxylic acids is 2. The number of nitrogens with zero attached hydrogens (tertiary/aromatic N) is 2. The minimum Gasteiger partial charge on any atom is -0.350 e. The summed E-state index contributed by atoms with van der Waals surface area (Å²) in [5.74, 6) is -1.92. The average Bonchev–Trinajstić information content (AvgIpc) is 2.91. The largest absolute Gasteiger partial charge is 0.417 e. The van der Waals surface area contributed by atoms with E-state index >= 15 is 0 Å². The maximum Gasteiger partial charge on any atom is 0.417 e. The van der Waals surface area contributed by atoms with E-state index in [9.17, 15) is 35.6 Å². The summed E-state index contributed by atoms with van der Waals surface area (Å²) in [6.45, 7) is 5.74. The molecule has 7 nitrogen and oxygen atoms in total. The minimum absolute atomic E-state index is 0.124. The predicted octanol–water partition coefficient (Wildman–Crippen LogP) is 6.42. The lowest BCUT2D eigenvalue weighted by molar-refractivity contribution is -0.141. The third-order valence-electron chi connectivity index (χ3n) is 6.30. The van der Waals surface area contributed by atoms with E-state index in [1.807, 2.05) is 0 Å². The summed E-state index contributed by atoms with van der Waals surface area (Å²) in [5.41, 5.74) is -1.97. The molecule has 0 bridgehead atoms. The molecule has 1 atom stereocenters. The van der Waals surface area contributed by atoms with E-state index in [4.69, 9.17) is 11.6 Å². The average molecular weight is 642 g/mol. The first-order valence-corrected chi connectivity index (χ1v) is 15.1. The van der Waals surface area contributed by atoms with Gasteiger partial charge in [0.2, 0.25) is 11.8 Å². The molecule has 1 N–H and O–H groups in total. The number of halogens is 5. The molecule has 13 heteroatoms. The fourth-order valence-corrected chi connectivity index (χ4v) is 5.94. The highest BCUT2D eigenvalue weighted by Gasteiger charge is 2.37. The predicted molar refractivity (Wildman–Crippen MR) is 156 cm³/mol. The Morgan fingerprint density at radius 2 is 1.56 bits per heavy atom. The van der Waals surface area contributed by atoms with Crippen LogP contribution in [0.15, 0.2) is 77.7 Å². The van der Waals surface area contributed by atoms with Crippen LogP contribution >= 0.6 is 11.6 Å². The van der Waals surface area contributed by atoms with Crippen LogP contribution in [0.2, 0.25) is 5.02 Å². The van der Waals surface area contributed by atoms with Crippen LogP contribution in [0.4, 0.5) is 23.2 Å². The molecule has 3 aromatic carbocycles. The quantitative estimate of drug-likeness (QED) is 0.259. The van der Waals surface area contributed by atoms with Gasteiger partial charge in [0.05, 0.1) is 21.2 Å². The molecule has 0 fully saturated rings. The van der Waals surface area contributed by atoms with E-state index in [-0.39, 0.29) is 17.9 Å². The maximum absolute atomic E-state index is 14.0. The van der Waals surface area contributed by atoms with Gasteiger partial charge in [-0.15, -0.1) is 0 Å². The van der Waals surface area contributed by atoms with E-state index in [1.54, 1.807) is 33.8 Å². The highest BCUT2D eigenvalue weighted by atomic mass is 35.5. The summed E-state index contributed by atoms with van der Waals surface area (Å²) in [4.78, 5) is 28.2. The van der Waals surface area contributed by atoms with E-state index in [1.165, 1.54) is 48.5 Å². The third kappa shape index (κ3) is 8.70. The lowest BCUT2D eigenvalue weighted by atomic mass is 10.1. The molecule has 0 aromatic heterocycles. The van der Waals surface area contributed by atoms with Crippen LogP contribution in [-0.2, 0) is 32.3 Å². The van der Waals surface area contributed by atoms with Crippen LogP contribution in [0.3, 0.4) is 0 Å². The van der Waals surface area contributed by atoms with Crippen molar-refractivity contribution in [2.75, 3.05) is 10.8 Å². The smallest absolute Gasteiger partial charge is 0.350 e. The van der Waals surface area contributed by atoms with Gasteiger partial charge < -0.3 is 10.2 Å². The second-order valence-corrected chi connectivity index (χ2v) is 13.1. The van der Waals surface area contributed by atoms with Gasteiger partial charge in [0, 0.05) is 12.1 Å². The summed E-state index contributed by atoms with van der Waals surface area (Å²) in [6, 6.07) is 13.5. The van der Waals surface area contributed by atoms with Gasteiger partial charge in [-0.25, -0.2) is 12.8 Å². The summed E-state index contributed by atoms with van der Waals surface area (Å²) in [7, 11) is -4.59. The van der Waals surface area contributed by atoms with Crippen LogP contribution in [-0.4, -0.2) is 43.3 Å². The molecule has 0 radical (unpaired) electrons. The van der Waals surface area contributed by atoms with Crippen molar-refractivity contribution in [3.05, 3.63) is 94.8 Å². The van der Waals surface area contributed by atoms with Gasteiger partial charge in [0.15, 0.2) is 0 Å². The van der Waals surface area contributed by atoms with Crippen LogP contribution in [0.1, 0.15) is 45.2 Å². The molecule has 0 heterocycles. The summed E-state index contributed by atoms with van der Waals surface area (Å²) in [5, 5.41) is 2.16. The Kier molecular flexibility index (Phi) is 10.5. The number of amides is 2. The third-order valence-corrected chi connectivity index (χ3v) is 8.42. The van der Waals surface area contributed by atoms with Crippen molar-refractivity contribution < 1.29 is 35.6 Å². The SMILES string of the molecule is CC[C@@H](C(=O)NC(C)(C)C)N(Cc1ccc(F)cc1)C(=O)CN(c1ccc(Cl)c(C(F)(F)F)c1)S(=O)(=O)c1ccccc1. The molecule has 0 aliphatic rings. The number of hydrogen-bond donors (Lipinski definition) is 1. The van der Waals surface area contributed by atoms with Gasteiger partial charge in [-0.05, 0) is 75.2 Å². The van der Waals surface area contributed by atoms with Gasteiger partial charge in [-0.3, -0.25) is 13.9 Å². The number of sulfonamides is 1. The van der Waals surface area contributed by atoms with Crippen LogP contribution < -0.4 is 9.62 Å². The molecule has 0 saturated carbocycles. The van der Waals surface area contributed by atoms with E-state index in [0.29, 0.717) is 15.9 Å². The van der Waals surface area contributed by atoms with Gasteiger partial charge in [0.1, 0.15) is 18.4 Å². The Hall–Kier alpha value is -3.64. The fraction of sp³-hybridized carbons (Fsp3) is 0.333. The number of alkyl halides is 3. The molecular formula is C30H32ClF4N3O4S. The number of rotatable bonds is 10. The van der Waals surface area contributed by atoms with Crippen molar-refractivity contribution in [3.63, 3.8) is 0 Å². The Morgan fingerprint density at radius 3 is 2.09 bits per heavy atom. The molecule has 0 aliphatic carbocycles. The Morgan fingerprint density at radius 1 is 0.953 bits per heavy atom. The molecular weight excluding hydrogens is 610 g/mol. The molecule has 3 aromatic rings. The second kappa shape index (κ2) is 13.3. The number of anilines is 1. The lowest BCUT2D eigenvalue weighted by Gasteiger charge is -2.35. The van der Waals surface area contributed by atoms with Crippen molar-refractivity contribution >= 4 is 39.1 Å². The first kappa shape index (κ1) is 33.9. The number of nitrogens with one attached hydrogen (secondary N) is 1. The van der Waals surface area contributed by atoms with Crippen molar-refractivity contribution in [2.45, 2.75) is 63.3 Å². The molecule has 0 saturated heterocycles. The topological polar surface area (TPSA) is 86.8 Å². The summed E-state index contributed by atoms with van der Waals surface area (Å²) >= 11 is 5.79. The van der Waals surface area contributed by atoms with Gasteiger partial charge in [-0.1, -0.05) is 48.9 Å². The number of benzene rings is 3. The normalized spacial score (nSPS) is 12.9. The molecule has 232 valence electrons. The molecule has 43 heavy (non-hydrogen) atoms. The standard InChI is InChI=1S/C30H32ClF4N3O4S/c1-5-26(28(40)36-29(2,3)4)37(18-20-11-13-21(32)14-12-20)27(39)19-38(43(41,42)23-9-7-6-8-10-23)22-15-16-25(31)24(17-22)30(33,34)35/h6-17,26H,5,18-19H2,1-4H3,(H,36,40)/t26-/m0/s1. The zero-order chi connectivity index (χ0) is 32.2. The van der Waals surface area contributed by atoms with Crippen LogP contribution in [0, 0.1) is 5.82 Å². The highest BCUT2D eigenvalue weighted by Crippen LogP contribution is 2.38. The van der Waals surface area contributed by atoms with Crippen LogP contribution in [0.25, 0.3) is 0 Å². The van der Waals surface area contributed by atoms with Crippen molar-refractivity contribution in [2.24, 2.45) is 0 Å². The Balaban J connectivity index is 2.14. The molecule has 0 aliphatic heterocycles. The summed E-state index contributed by atoms with van der Waals surface area (Å²) < 4.78 is 83.0. The van der Waals surface area contributed by atoms with Gasteiger partial charge in [0.25, 0.3) is 10.0 Å². The zero-order valence-corrected chi connectivity index (χ0v) is 25.5. The Bertz CT molecular complexity index is 1540. The summed E-state index contributed by atoms with van der Waals surface area (Å²) in [6.07, 6.45) is -4.79. The lowest BCUT2D eigenvalue weighted by Crippen LogP contribution is -2.55. The second-order valence-electron chi connectivity index (χ2n) is 10.8. The monoisotopic (exact) mass is 641 g/mol. The zero-order valence-electron chi connectivity index (χ0n) is 24.0. The van der Waals surface area contributed by atoms with E-state index < -0.39 is 68.2 Å². The van der Waals surface area contributed by atoms with E-state index in [2.05, 4.69) is 5.32 Å². The minimum atomic E-state index is -4.91. The van der Waals surface area contributed by atoms with Gasteiger partial charge >= 0.3 is 6.18 Å². The van der Waals surface area contributed by atoms with Gasteiger partial charge in [-0.2, -0.15) is 13.2 Å².